The highest BCUT2D eigenvalue weighted by Crippen LogP contribution is 2.46. The van der Waals surface area contributed by atoms with Crippen LogP contribution in [0.5, 0.6) is 0 Å². The van der Waals surface area contributed by atoms with Crippen LogP contribution < -0.4 is 0 Å². The second kappa shape index (κ2) is 8.55. The summed E-state index contributed by atoms with van der Waals surface area (Å²) in [5.41, 5.74) is 6.20. The van der Waals surface area contributed by atoms with Crippen LogP contribution in [0.3, 0.4) is 0 Å². The van der Waals surface area contributed by atoms with Crippen LogP contribution in [0.4, 0.5) is 0 Å². The smallest absolute Gasteiger partial charge is 0.0626 e. The summed E-state index contributed by atoms with van der Waals surface area (Å²) < 4.78 is 2.48. The number of para-hydroxylation sites is 1. The van der Waals surface area contributed by atoms with Crippen molar-refractivity contribution in [3.8, 4) is 16.8 Å². The maximum atomic E-state index is 2.48. The van der Waals surface area contributed by atoms with E-state index in [0.29, 0.717) is 0 Å². The molecule has 0 amide bonds. The molecular formula is C40H25N. The number of hydrogen-bond acceptors (Lipinski definition) is 0. The lowest BCUT2D eigenvalue weighted by Crippen LogP contribution is -1.95. The minimum absolute atomic E-state index is 1.18. The minimum Gasteiger partial charge on any atom is -0.309 e. The maximum Gasteiger partial charge on any atom is 0.0626 e. The first-order chi connectivity index (χ1) is 20.4. The van der Waals surface area contributed by atoms with E-state index >= 15 is 0 Å². The zero-order valence-corrected chi connectivity index (χ0v) is 22.4. The molecule has 0 saturated heterocycles. The predicted molar refractivity (Wildman–Crippen MR) is 176 cm³/mol. The van der Waals surface area contributed by atoms with Gasteiger partial charge in [-0.3, -0.25) is 0 Å². The molecule has 0 N–H and O–H groups in total. The van der Waals surface area contributed by atoms with Gasteiger partial charge in [-0.1, -0.05) is 127 Å². The Bertz CT molecular complexity index is 2460. The third-order valence-corrected chi connectivity index (χ3v) is 8.72. The predicted octanol–water partition coefficient (Wildman–Crippen LogP) is 11.1. The molecule has 0 unspecified atom stereocenters. The third kappa shape index (κ3) is 3.18. The SMILES string of the molecule is c1ccc(-c2cc3c4ccccc4c4c(c5ccccc5n4-c4ccc5ccccc5c4)c3c3ccccc23)cc1. The Morgan fingerprint density at radius 3 is 1.83 bits per heavy atom. The summed E-state index contributed by atoms with van der Waals surface area (Å²) in [7, 11) is 0. The summed E-state index contributed by atoms with van der Waals surface area (Å²) in [5, 5.41) is 12.9. The molecule has 0 radical (unpaired) electrons. The van der Waals surface area contributed by atoms with Crippen molar-refractivity contribution >= 4 is 64.9 Å². The standard InChI is InChI=1S/C40H25N/c1-2-13-27(14-3-1)35-25-36-31-17-7-9-19-33(31)40-39(38(36)32-18-8-6-16-30(32)35)34-20-10-11-21-37(34)41(40)29-23-22-26-12-4-5-15-28(26)24-29/h1-25H. The van der Waals surface area contributed by atoms with Crippen molar-refractivity contribution in [3.05, 3.63) is 152 Å². The van der Waals surface area contributed by atoms with E-state index in [1.807, 2.05) is 0 Å². The molecule has 0 spiro atoms. The molecule has 0 saturated carbocycles. The molecule has 9 aromatic rings. The first-order valence-corrected chi connectivity index (χ1v) is 14.2. The van der Waals surface area contributed by atoms with Crippen LogP contribution in [-0.2, 0) is 0 Å². The average Bonchev–Trinajstić information content (AvgIpc) is 3.40. The first kappa shape index (κ1) is 22.4. The van der Waals surface area contributed by atoms with Crippen molar-refractivity contribution in [3.63, 3.8) is 0 Å². The Balaban J connectivity index is 1.56. The highest BCUT2D eigenvalue weighted by Gasteiger charge is 2.21. The minimum atomic E-state index is 1.18. The summed E-state index contributed by atoms with van der Waals surface area (Å²) >= 11 is 0. The van der Waals surface area contributed by atoms with E-state index in [2.05, 4.69) is 156 Å². The number of nitrogens with zero attached hydrogens (tertiary/aromatic N) is 1. The number of hydrogen-bond donors (Lipinski definition) is 0. The molecule has 0 aliphatic rings. The van der Waals surface area contributed by atoms with Crippen LogP contribution in [-0.4, -0.2) is 4.57 Å². The van der Waals surface area contributed by atoms with Gasteiger partial charge in [-0.15, -0.1) is 0 Å². The van der Waals surface area contributed by atoms with E-state index < -0.39 is 0 Å². The summed E-state index contributed by atoms with van der Waals surface area (Å²) in [4.78, 5) is 0. The molecule has 41 heavy (non-hydrogen) atoms. The summed E-state index contributed by atoms with van der Waals surface area (Å²) in [6.07, 6.45) is 0. The number of aromatic nitrogens is 1. The Labute approximate surface area is 237 Å². The lowest BCUT2D eigenvalue weighted by atomic mass is 9.88. The lowest BCUT2D eigenvalue weighted by molar-refractivity contribution is 1.19. The Morgan fingerprint density at radius 2 is 1.00 bits per heavy atom. The fourth-order valence-electron chi connectivity index (χ4n) is 6.97. The van der Waals surface area contributed by atoms with Gasteiger partial charge < -0.3 is 4.57 Å². The maximum absolute atomic E-state index is 2.48. The average molecular weight is 520 g/mol. The molecule has 0 fully saturated rings. The highest BCUT2D eigenvalue weighted by molar-refractivity contribution is 6.38. The fourth-order valence-corrected chi connectivity index (χ4v) is 6.97. The van der Waals surface area contributed by atoms with Crippen molar-refractivity contribution in [2.24, 2.45) is 0 Å². The summed E-state index contributed by atoms with van der Waals surface area (Å²) in [6.45, 7) is 0. The van der Waals surface area contributed by atoms with Gasteiger partial charge >= 0.3 is 0 Å². The molecule has 0 aliphatic carbocycles. The molecule has 0 bridgehead atoms. The molecule has 1 heterocycles. The van der Waals surface area contributed by atoms with Crippen LogP contribution in [0.15, 0.2) is 152 Å². The number of benzene rings is 8. The lowest BCUT2D eigenvalue weighted by Gasteiger charge is -2.16. The highest BCUT2D eigenvalue weighted by atomic mass is 15.0. The molecule has 1 nitrogen and oxygen atoms in total. The van der Waals surface area contributed by atoms with Gasteiger partial charge in [0.05, 0.1) is 11.0 Å². The number of fused-ring (bicyclic) bond motifs is 11. The zero-order chi connectivity index (χ0) is 26.9. The quantitative estimate of drug-likeness (QED) is 0.200. The van der Waals surface area contributed by atoms with E-state index in [1.165, 1.54) is 81.7 Å². The molecule has 1 heteroatoms. The second-order valence-electron chi connectivity index (χ2n) is 10.9. The molecule has 190 valence electrons. The van der Waals surface area contributed by atoms with Gasteiger partial charge in [0.1, 0.15) is 0 Å². The molecule has 8 aromatic carbocycles. The van der Waals surface area contributed by atoms with Crippen LogP contribution in [0.1, 0.15) is 0 Å². The molecule has 0 atom stereocenters. The van der Waals surface area contributed by atoms with Crippen molar-refractivity contribution in [2.75, 3.05) is 0 Å². The molecule has 9 rings (SSSR count). The molecule has 0 aliphatic heterocycles. The van der Waals surface area contributed by atoms with Gasteiger partial charge in [0.25, 0.3) is 0 Å². The van der Waals surface area contributed by atoms with Gasteiger partial charge in [0.15, 0.2) is 0 Å². The Hall–Kier alpha value is -5.40. The van der Waals surface area contributed by atoms with Crippen molar-refractivity contribution < 1.29 is 0 Å². The van der Waals surface area contributed by atoms with Crippen LogP contribution in [0.2, 0.25) is 0 Å². The van der Waals surface area contributed by atoms with E-state index in [9.17, 15) is 0 Å². The van der Waals surface area contributed by atoms with Crippen molar-refractivity contribution in [1.29, 1.82) is 0 Å². The Kier molecular flexibility index (Phi) is 4.67. The van der Waals surface area contributed by atoms with Gasteiger partial charge in [-0.05, 0) is 67.7 Å². The van der Waals surface area contributed by atoms with Crippen LogP contribution in [0, 0.1) is 0 Å². The zero-order valence-electron chi connectivity index (χ0n) is 22.4. The largest absolute Gasteiger partial charge is 0.309 e. The normalized spacial score (nSPS) is 11.9. The topological polar surface area (TPSA) is 4.93 Å². The van der Waals surface area contributed by atoms with E-state index in [1.54, 1.807) is 0 Å². The van der Waals surface area contributed by atoms with Crippen LogP contribution in [0.25, 0.3) is 81.7 Å². The van der Waals surface area contributed by atoms with Crippen molar-refractivity contribution in [2.45, 2.75) is 0 Å². The Morgan fingerprint density at radius 1 is 0.366 bits per heavy atom. The summed E-state index contributed by atoms with van der Waals surface area (Å²) in [6, 6.07) is 55.5. The van der Waals surface area contributed by atoms with Crippen molar-refractivity contribution in [1.82, 2.24) is 4.57 Å². The van der Waals surface area contributed by atoms with Gasteiger partial charge in [0.2, 0.25) is 0 Å². The fraction of sp³-hybridized carbons (Fsp3) is 0. The van der Waals surface area contributed by atoms with E-state index in [0.717, 1.165) is 0 Å². The van der Waals surface area contributed by atoms with E-state index in [-0.39, 0.29) is 0 Å². The van der Waals surface area contributed by atoms with Crippen LogP contribution >= 0.6 is 0 Å². The number of rotatable bonds is 2. The van der Waals surface area contributed by atoms with E-state index in [4.69, 9.17) is 0 Å². The molecule has 1 aromatic heterocycles. The first-order valence-electron chi connectivity index (χ1n) is 14.2. The third-order valence-electron chi connectivity index (χ3n) is 8.72. The van der Waals surface area contributed by atoms with Gasteiger partial charge in [0, 0.05) is 27.2 Å². The summed E-state index contributed by atoms with van der Waals surface area (Å²) in [5.74, 6) is 0. The second-order valence-corrected chi connectivity index (χ2v) is 10.9. The van der Waals surface area contributed by atoms with Gasteiger partial charge in [-0.25, -0.2) is 0 Å². The van der Waals surface area contributed by atoms with Gasteiger partial charge in [-0.2, -0.15) is 0 Å². The molecular weight excluding hydrogens is 494 g/mol. The monoisotopic (exact) mass is 519 g/mol.